The number of halogens is 3. The molecule has 0 aliphatic heterocycles. The number of nitrogens with zero attached hydrogens (tertiary/aromatic N) is 2. The van der Waals surface area contributed by atoms with E-state index in [9.17, 15) is 23.3 Å². The van der Waals surface area contributed by atoms with Gasteiger partial charge < -0.3 is 10.2 Å². The topological polar surface area (TPSA) is 58.4 Å². The predicted molar refractivity (Wildman–Crippen MR) is 74.4 cm³/mol. The van der Waals surface area contributed by atoms with E-state index in [-0.39, 0.29) is 11.7 Å². The van der Waals surface area contributed by atoms with Crippen LogP contribution in [0.5, 0.6) is 0 Å². The van der Waals surface area contributed by atoms with Crippen molar-refractivity contribution in [2.45, 2.75) is 25.6 Å². The molecule has 0 aliphatic carbocycles. The summed E-state index contributed by atoms with van der Waals surface area (Å²) in [5.74, 6) is 0. The van der Waals surface area contributed by atoms with Gasteiger partial charge in [0.2, 0.25) is 0 Å². The minimum atomic E-state index is -4.64. The van der Waals surface area contributed by atoms with Crippen molar-refractivity contribution in [2.75, 3.05) is 26.0 Å². The lowest BCUT2D eigenvalue weighted by molar-refractivity contribution is -0.385. The molecule has 0 amide bonds. The number of nitro groups is 1. The van der Waals surface area contributed by atoms with Crippen LogP contribution in [0.4, 0.5) is 24.5 Å². The van der Waals surface area contributed by atoms with Crippen LogP contribution < -0.4 is 5.32 Å². The molecule has 21 heavy (non-hydrogen) atoms. The van der Waals surface area contributed by atoms with Crippen LogP contribution in [0, 0.1) is 10.1 Å². The number of rotatable bonds is 6. The molecule has 0 saturated heterocycles. The predicted octanol–water partition coefficient (Wildman–Crippen LogP) is 3.37. The van der Waals surface area contributed by atoms with Crippen LogP contribution in [0.15, 0.2) is 18.2 Å². The first-order valence-corrected chi connectivity index (χ1v) is 6.38. The summed E-state index contributed by atoms with van der Waals surface area (Å²) in [6, 6.07) is 2.54. The van der Waals surface area contributed by atoms with Crippen molar-refractivity contribution in [3.8, 4) is 0 Å². The van der Waals surface area contributed by atoms with Crippen LogP contribution >= 0.6 is 0 Å². The van der Waals surface area contributed by atoms with E-state index in [2.05, 4.69) is 5.32 Å². The van der Waals surface area contributed by atoms with Crippen LogP contribution in [0.2, 0.25) is 0 Å². The molecule has 0 aliphatic rings. The van der Waals surface area contributed by atoms with Crippen LogP contribution in [-0.2, 0) is 6.18 Å². The Kier molecular flexibility index (Phi) is 5.54. The van der Waals surface area contributed by atoms with Crippen molar-refractivity contribution in [2.24, 2.45) is 0 Å². The first kappa shape index (κ1) is 17.2. The summed E-state index contributed by atoms with van der Waals surface area (Å²) in [5.41, 5.74) is -1.73. The van der Waals surface area contributed by atoms with Gasteiger partial charge in [0.05, 0.1) is 10.5 Å². The number of hydrogen-bond acceptors (Lipinski definition) is 4. The summed E-state index contributed by atoms with van der Waals surface area (Å²) in [6.45, 7) is 2.49. The Bertz CT molecular complexity index is 504. The molecule has 0 aromatic heterocycles. The highest BCUT2D eigenvalue weighted by molar-refractivity contribution is 5.57. The molecule has 0 fully saturated rings. The lowest BCUT2D eigenvalue weighted by atomic mass is 10.1. The second-order valence-electron chi connectivity index (χ2n) is 5.12. The second kappa shape index (κ2) is 6.75. The van der Waals surface area contributed by atoms with Gasteiger partial charge in [0.15, 0.2) is 0 Å². The zero-order valence-corrected chi connectivity index (χ0v) is 12.1. The molecule has 1 aromatic carbocycles. The summed E-state index contributed by atoms with van der Waals surface area (Å²) >= 11 is 0. The van der Waals surface area contributed by atoms with Crippen LogP contribution in [0.1, 0.15) is 18.9 Å². The third-order valence-corrected chi connectivity index (χ3v) is 2.93. The first-order valence-electron chi connectivity index (χ1n) is 6.38. The number of anilines is 1. The largest absolute Gasteiger partial charge is 0.418 e. The zero-order chi connectivity index (χ0) is 16.2. The van der Waals surface area contributed by atoms with Crippen molar-refractivity contribution in [1.29, 1.82) is 0 Å². The SMILES string of the molecule is CC(CCN(C)C)Nc1ccc([N+](=O)[O-])cc1C(F)(F)F. The third-order valence-electron chi connectivity index (χ3n) is 2.93. The molecule has 0 heterocycles. The Morgan fingerprint density at radius 1 is 1.38 bits per heavy atom. The number of hydrogen-bond donors (Lipinski definition) is 1. The number of alkyl halides is 3. The number of non-ortho nitro benzene ring substituents is 1. The van der Waals surface area contributed by atoms with Crippen molar-refractivity contribution in [3.05, 3.63) is 33.9 Å². The molecule has 0 bridgehead atoms. The van der Waals surface area contributed by atoms with E-state index >= 15 is 0 Å². The maximum absolute atomic E-state index is 13.0. The average Bonchev–Trinajstić information content (AvgIpc) is 2.35. The van der Waals surface area contributed by atoms with E-state index in [0.29, 0.717) is 12.5 Å². The maximum Gasteiger partial charge on any atom is 0.418 e. The molecular formula is C13H18F3N3O2. The van der Waals surface area contributed by atoms with E-state index in [4.69, 9.17) is 0 Å². The molecule has 1 rings (SSSR count). The van der Waals surface area contributed by atoms with Gasteiger partial charge in [0.25, 0.3) is 5.69 Å². The van der Waals surface area contributed by atoms with E-state index < -0.39 is 22.4 Å². The number of nitro benzene ring substituents is 1. The quantitative estimate of drug-likeness (QED) is 0.646. The van der Waals surface area contributed by atoms with Crippen molar-refractivity contribution in [1.82, 2.24) is 4.90 Å². The molecular weight excluding hydrogens is 287 g/mol. The first-order chi connectivity index (χ1) is 9.61. The Morgan fingerprint density at radius 2 is 2.00 bits per heavy atom. The van der Waals surface area contributed by atoms with Crippen molar-refractivity contribution in [3.63, 3.8) is 0 Å². The molecule has 1 atom stereocenters. The fraction of sp³-hybridized carbons (Fsp3) is 0.538. The summed E-state index contributed by atoms with van der Waals surface area (Å²) in [5, 5.41) is 13.4. The van der Waals surface area contributed by atoms with E-state index in [1.807, 2.05) is 19.0 Å². The highest BCUT2D eigenvalue weighted by atomic mass is 19.4. The average molecular weight is 305 g/mol. The molecule has 0 spiro atoms. The second-order valence-corrected chi connectivity index (χ2v) is 5.12. The van der Waals surface area contributed by atoms with Crippen LogP contribution in [0.25, 0.3) is 0 Å². The molecule has 0 saturated carbocycles. The molecule has 1 N–H and O–H groups in total. The number of nitrogens with one attached hydrogen (secondary N) is 1. The van der Waals surface area contributed by atoms with Gasteiger partial charge in [0, 0.05) is 23.9 Å². The summed E-state index contributed by atoms with van der Waals surface area (Å²) in [4.78, 5) is 11.7. The van der Waals surface area contributed by atoms with Gasteiger partial charge in [-0.05, 0) is 40.1 Å². The minimum absolute atomic E-state index is 0.139. The molecule has 118 valence electrons. The van der Waals surface area contributed by atoms with E-state index in [0.717, 1.165) is 18.7 Å². The minimum Gasteiger partial charge on any atom is -0.382 e. The van der Waals surface area contributed by atoms with E-state index in [1.165, 1.54) is 0 Å². The summed E-state index contributed by atoms with van der Waals surface area (Å²) < 4.78 is 39.0. The normalized spacial score (nSPS) is 13.3. The van der Waals surface area contributed by atoms with Gasteiger partial charge in [0.1, 0.15) is 0 Å². The fourth-order valence-corrected chi connectivity index (χ4v) is 1.80. The van der Waals surface area contributed by atoms with Crippen molar-refractivity contribution >= 4 is 11.4 Å². The summed E-state index contributed by atoms with van der Waals surface area (Å²) in [7, 11) is 3.75. The Hall–Kier alpha value is -1.83. The van der Waals surface area contributed by atoms with Gasteiger partial charge in [-0.25, -0.2) is 0 Å². The van der Waals surface area contributed by atoms with Crippen LogP contribution in [-0.4, -0.2) is 36.5 Å². The lowest BCUT2D eigenvalue weighted by Gasteiger charge is -2.20. The monoisotopic (exact) mass is 305 g/mol. The third kappa shape index (κ3) is 5.22. The van der Waals surface area contributed by atoms with Gasteiger partial charge in [-0.1, -0.05) is 0 Å². The van der Waals surface area contributed by atoms with Gasteiger partial charge in [-0.2, -0.15) is 13.2 Å². The zero-order valence-electron chi connectivity index (χ0n) is 12.1. The number of benzene rings is 1. The van der Waals surface area contributed by atoms with Gasteiger partial charge in [-0.15, -0.1) is 0 Å². The Morgan fingerprint density at radius 3 is 2.48 bits per heavy atom. The standard InChI is InChI=1S/C13H18F3N3O2/c1-9(6-7-18(2)3)17-12-5-4-10(19(20)21)8-11(12)13(14,15)16/h4-5,8-9,17H,6-7H2,1-3H3. The van der Waals surface area contributed by atoms with Gasteiger partial charge in [-0.3, -0.25) is 10.1 Å². The highest BCUT2D eigenvalue weighted by Gasteiger charge is 2.35. The summed E-state index contributed by atoms with van der Waals surface area (Å²) in [6.07, 6.45) is -3.99. The molecule has 0 radical (unpaired) electrons. The molecule has 8 heteroatoms. The smallest absolute Gasteiger partial charge is 0.382 e. The van der Waals surface area contributed by atoms with Gasteiger partial charge >= 0.3 is 6.18 Å². The molecule has 5 nitrogen and oxygen atoms in total. The van der Waals surface area contributed by atoms with E-state index in [1.54, 1.807) is 6.92 Å². The highest BCUT2D eigenvalue weighted by Crippen LogP contribution is 2.37. The van der Waals surface area contributed by atoms with Crippen LogP contribution in [0.3, 0.4) is 0 Å². The molecule has 1 unspecified atom stereocenters. The maximum atomic E-state index is 13.0. The van der Waals surface area contributed by atoms with Crippen molar-refractivity contribution < 1.29 is 18.1 Å². The Balaban J connectivity index is 2.98. The lowest BCUT2D eigenvalue weighted by Crippen LogP contribution is -2.24. The fourth-order valence-electron chi connectivity index (χ4n) is 1.80. The Labute approximate surface area is 120 Å². The molecule has 1 aromatic rings.